The van der Waals surface area contributed by atoms with Gasteiger partial charge in [-0.15, -0.1) is 11.3 Å². The Morgan fingerprint density at radius 2 is 2.13 bits per heavy atom. The van der Waals surface area contributed by atoms with Gasteiger partial charge in [0.15, 0.2) is 0 Å². The predicted molar refractivity (Wildman–Crippen MR) is 66.3 cm³/mol. The maximum Gasteiger partial charge on any atom is 0.0956 e. The molecule has 0 radical (unpaired) electrons. The van der Waals surface area contributed by atoms with Crippen molar-refractivity contribution in [3.63, 3.8) is 0 Å². The lowest BCUT2D eigenvalue weighted by Crippen LogP contribution is -2.34. The van der Waals surface area contributed by atoms with Crippen molar-refractivity contribution in [2.45, 2.75) is 32.7 Å². The van der Waals surface area contributed by atoms with E-state index in [-0.39, 0.29) is 5.54 Å². The van der Waals surface area contributed by atoms with E-state index >= 15 is 0 Å². The van der Waals surface area contributed by atoms with Crippen LogP contribution in [0.15, 0.2) is 18.2 Å². The highest BCUT2D eigenvalue weighted by Crippen LogP contribution is 2.24. The minimum atomic E-state index is -0.178. The molecule has 0 bridgehead atoms. The van der Waals surface area contributed by atoms with Crippen molar-refractivity contribution in [2.75, 3.05) is 0 Å². The summed E-state index contributed by atoms with van der Waals surface area (Å²) in [6, 6.07) is 6.38. The number of nitrogens with zero attached hydrogens (tertiary/aromatic N) is 1. The van der Waals surface area contributed by atoms with Crippen LogP contribution < -0.4 is 5.73 Å². The highest BCUT2D eigenvalue weighted by molar-refractivity contribution is 7.18. The van der Waals surface area contributed by atoms with Gasteiger partial charge in [0.1, 0.15) is 0 Å². The number of aromatic nitrogens is 1. The number of benzene rings is 1. The van der Waals surface area contributed by atoms with Gasteiger partial charge < -0.3 is 5.73 Å². The third-order valence-electron chi connectivity index (χ3n) is 2.19. The fourth-order valence-corrected chi connectivity index (χ4v) is 2.74. The first-order chi connectivity index (χ1) is 6.94. The Labute approximate surface area is 94.1 Å². The lowest BCUT2D eigenvalue weighted by molar-refractivity contribution is 0.516. The van der Waals surface area contributed by atoms with Gasteiger partial charge in [-0.05, 0) is 38.5 Å². The number of hydrogen-bond donors (Lipinski definition) is 1. The van der Waals surface area contributed by atoms with Crippen LogP contribution in [0.5, 0.6) is 0 Å². The van der Waals surface area contributed by atoms with E-state index in [0.29, 0.717) is 0 Å². The lowest BCUT2D eigenvalue weighted by atomic mass is 10.0. The van der Waals surface area contributed by atoms with Crippen molar-refractivity contribution in [1.29, 1.82) is 0 Å². The highest BCUT2D eigenvalue weighted by atomic mass is 32.1. The lowest BCUT2D eigenvalue weighted by Gasteiger charge is -2.15. The summed E-state index contributed by atoms with van der Waals surface area (Å²) in [5.74, 6) is 0. The van der Waals surface area contributed by atoms with E-state index in [1.807, 2.05) is 13.8 Å². The van der Waals surface area contributed by atoms with Crippen LogP contribution in [0.1, 0.15) is 24.4 Å². The molecule has 0 aliphatic carbocycles. The zero-order valence-electron chi connectivity index (χ0n) is 9.37. The minimum Gasteiger partial charge on any atom is -0.325 e. The molecule has 1 aromatic carbocycles. The van der Waals surface area contributed by atoms with E-state index in [1.165, 1.54) is 10.3 Å². The molecule has 80 valence electrons. The van der Waals surface area contributed by atoms with E-state index in [1.54, 1.807) is 11.3 Å². The number of thiazole rings is 1. The fourth-order valence-electron chi connectivity index (χ4n) is 1.55. The summed E-state index contributed by atoms with van der Waals surface area (Å²) >= 11 is 1.74. The quantitative estimate of drug-likeness (QED) is 0.845. The van der Waals surface area contributed by atoms with Crippen molar-refractivity contribution < 1.29 is 0 Å². The van der Waals surface area contributed by atoms with E-state index < -0.39 is 0 Å². The molecule has 1 aromatic heterocycles. The first-order valence-corrected chi connectivity index (χ1v) is 5.91. The van der Waals surface area contributed by atoms with Gasteiger partial charge in [0.25, 0.3) is 0 Å². The SMILES string of the molecule is Cc1ccc2sc(CC(C)(C)N)nc2c1. The summed E-state index contributed by atoms with van der Waals surface area (Å²) in [6.07, 6.45) is 0.839. The zero-order chi connectivity index (χ0) is 11.1. The predicted octanol–water partition coefficient (Wildman–Crippen LogP) is 2.88. The van der Waals surface area contributed by atoms with Gasteiger partial charge in [-0.25, -0.2) is 4.98 Å². The molecule has 0 saturated heterocycles. The van der Waals surface area contributed by atoms with Crippen molar-refractivity contribution in [1.82, 2.24) is 4.98 Å². The second-order valence-electron chi connectivity index (χ2n) is 4.74. The summed E-state index contributed by atoms with van der Waals surface area (Å²) in [5.41, 5.74) is 8.16. The highest BCUT2D eigenvalue weighted by Gasteiger charge is 2.14. The van der Waals surface area contributed by atoms with Crippen molar-refractivity contribution >= 4 is 21.6 Å². The summed E-state index contributed by atoms with van der Waals surface area (Å²) < 4.78 is 1.25. The summed E-state index contributed by atoms with van der Waals surface area (Å²) in [7, 11) is 0. The molecule has 0 unspecified atom stereocenters. The second-order valence-corrected chi connectivity index (χ2v) is 5.86. The molecule has 2 rings (SSSR count). The molecular weight excluding hydrogens is 204 g/mol. The molecule has 0 fully saturated rings. The van der Waals surface area contributed by atoms with E-state index in [0.717, 1.165) is 16.9 Å². The maximum atomic E-state index is 5.99. The average molecular weight is 220 g/mol. The van der Waals surface area contributed by atoms with Crippen LogP contribution in [0.2, 0.25) is 0 Å². The summed E-state index contributed by atoms with van der Waals surface area (Å²) in [6.45, 7) is 6.15. The van der Waals surface area contributed by atoms with Gasteiger partial charge in [-0.3, -0.25) is 0 Å². The Balaban J connectivity index is 2.39. The fraction of sp³-hybridized carbons (Fsp3) is 0.417. The molecule has 15 heavy (non-hydrogen) atoms. The van der Waals surface area contributed by atoms with Gasteiger partial charge in [0.2, 0.25) is 0 Å². The topological polar surface area (TPSA) is 38.9 Å². The van der Waals surface area contributed by atoms with E-state index in [4.69, 9.17) is 5.73 Å². The monoisotopic (exact) mass is 220 g/mol. The van der Waals surface area contributed by atoms with E-state index in [9.17, 15) is 0 Å². The Bertz CT molecular complexity index is 480. The standard InChI is InChI=1S/C12H16N2S/c1-8-4-5-10-9(6-8)14-11(15-10)7-12(2,3)13/h4-6H,7,13H2,1-3H3. The minimum absolute atomic E-state index is 0.178. The number of fused-ring (bicyclic) bond motifs is 1. The van der Waals surface area contributed by atoms with Crippen molar-refractivity contribution in [2.24, 2.45) is 5.73 Å². The molecule has 0 saturated carbocycles. The van der Waals surface area contributed by atoms with Crippen LogP contribution in [-0.2, 0) is 6.42 Å². The van der Waals surface area contributed by atoms with Crippen LogP contribution >= 0.6 is 11.3 Å². The van der Waals surface area contributed by atoms with Crippen molar-refractivity contribution in [3.8, 4) is 0 Å². The van der Waals surface area contributed by atoms with Crippen LogP contribution in [0.25, 0.3) is 10.2 Å². The number of rotatable bonds is 2. The molecule has 2 nitrogen and oxygen atoms in total. The Hall–Kier alpha value is -0.930. The second kappa shape index (κ2) is 3.58. The molecule has 0 amide bonds. The number of hydrogen-bond acceptors (Lipinski definition) is 3. The molecule has 0 atom stereocenters. The molecule has 0 spiro atoms. The number of nitrogens with two attached hydrogens (primary N) is 1. The van der Waals surface area contributed by atoms with Crippen LogP contribution in [0, 0.1) is 6.92 Å². The maximum absolute atomic E-state index is 5.99. The first-order valence-electron chi connectivity index (χ1n) is 5.09. The first kappa shape index (κ1) is 10.6. The Morgan fingerprint density at radius 1 is 1.40 bits per heavy atom. The van der Waals surface area contributed by atoms with Crippen LogP contribution in [-0.4, -0.2) is 10.5 Å². The average Bonchev–Trinajstić information content (AvgIpc) is 2.42. The summed E-state index contributed by atoms with van der Waals surface area (Å²) in [4.78, 5) is 4.60. The molecular formula is C12H16N2S. The third kappa shape index (κ3) is 2.55. The van der Waals surface area contributed by atoms with Gasteiger partial charge in [0, 0.05) is 12.0 Å². The van der Waals surface area contributed by atoms with Crippen molar-refractivity contribution in [3.05, 3.63) is 28.8 Å². The smallest absolute Gasteiger partial charge is 0.0956 e. The molecule has 1 heterocycles. The van der Waals surface area contributed by atoms with Gasteiger partial charge in [0.05, 0.1) is 15.2 Å². The van der Waals surface area contributed by atoms with Crippen LogP contribution in [0.4, 0.5) is 0 Å². The van der Waals surface area contributed by atoms with E-state index in [2.05, 4.69) is 30.1 Å². The van der Waals surface area contributed by atoms with Gasteiger partial charge in [-0.2, -0.15) is 0 Å². The van der Waals surface area contributed by atoms with Gasteiger partial charge >= 0.3 is 0 Å². The molecule has 3 heteroatoms. The van der Waals surface area contributed by atoms with Crippen LogP contribution in [0.3, 0.4) is 0 Å². The number of aryl methyl sites for hydroxylation is 1. The normalized spacial score (nSPS) is 12.3. The molecule has 2 aromatic rings. The summed E-state index contributed by atoms with van der Waals surface area (Å²) in [5, 5.41) is 1.13. The molecule has 0 aliphatic heterocycles. The largest absolute Gasteiger partial charge is 0.325 e. The Morgan fingerprint density at radius 3 is 2.80 bits per heavy atom. The molecule has 2 N–H and O–H groups in total. The molecule has 0 aliphatic rings. The van der Waals surface area contributed by atoms with Gasteiger partial charge in [-0.1, -0.05) is 6.07 Å². The Kier molecular flexibility index (Phi) is 2.52. The zero-order valence-corrected chi connectivity index (χ0v) is 10.2. The third-order valence-corrected chi connectivity index (χ3v) is 3.23.